The predicted octanol–water partition coefficient (Wildman–Crippen LogP) is -0.347. The third kappa shape index (κ3) is 3.34. The molecule has 1 amide bonds. The maximum atomic E-state index is 12.1. The van der Waals surface area contributed by atoms with E-state index in [0.717, 1.165) is 11.1 Å². The molecule has 20 heavy (non-hydrogen) atoms. The lowest BCUT2D eigenvalue weighted by Crippen LogP contribution is -2.52. The molecule has 0 bridgehead atoms. The van der Waals surface area contributed by atoms with Crippen LogP contribution < -0.4 is 10.6 Å². The molecule has 0 saturated heterocycles. The standard InChI is InChI=1S/C14H18N2O4/c17-6-5-11(14(19)20)16-13(18)12-7-9-3-1-2-4-10(9)8-15-12/h1-4,11-12,15,17H,5-8H2,(H,16,18)(H,19,20)/t11-,12+/m1/s1. The van der Waals surface area contributed by atoms with E-state index >= 15 is 0 Å². The topological polar surface area (TPSA) is 98.7 Å². The van der Waals surface area contributed by atoms with Gasteiger partial charge in [0.2, 0.25) is 5.91 Å². The van der Waals surface area contributed by atoms with Crippen LogP contribution in [0.25, 0.3) is 0 Å². The van der Waals surface area contributed by atoms with Gasteiger partial charge in [-0.3, -0.25) is 4.79 Å². The largest absolute Gasteiger partial charge is 0.480 e. The minimum atomic E-state index is -1.14. The molecule has 1 aliphatic heterocycles. The molecule has 1 heterocycles. The van der Waals surface area contributed by atoms with Gasteiger partial charge in [-0.05, 0) is 17.5 Å². The van der Waals surface area contributed by atoms with E-state index in [1.54, 1.807) is 0 Å². The van der Waals surface area contributed by atoms with Crippen LogP contribution in [0.15, 0.2) is 24.3 Å². The Hall–Kier alpha value is -1.92. The summed E-state index contributed by atoms with van der Waals surface area (Å²) in [5.41, 5.74) is 2.25. The average molecular weight is 278 g/mol. The lowest BCUT2D eigenvalue weighted by Gasteiger charge is -2.26. The molecule has 6 nitrogen and oxygen atoms in total. The van der Waals surface area contributed by atoms with Crippen molar-refractivity contribution < 1.29 is 19.8 Å². The van der Waals surface area contributed by atoms with Crippen molar-refractivity contribution in [3.8, 4) is 0 Å². The van der Waals surface area contributed by atoms with Crippen LogP contribution in [0.2, 0.25) is 0 Å². The molecule has 108 valence electrons. The quantitative estimate of drug-likeness (QED) is 0.590. The van der Waals surface area contributed by atoms with Crippen molar-refractivity contribution in [3.05, 3.63) is 35.4 Å². The summed E-state index contributed by atoms with van der Waals surface area (Å²) in [6, 6.07) is 6.35. The number of nitrogens with one attached hydrogen (secondary N) is 2. The fourth-order valence-corrected chi connectivity index (χ4v) is 2.30. The van der Waals surface area contributed by atoms with Gasteiger partial charge in [0.15, 0.2) is 0 Å². The second-order valence-electron chi connectivity index (χ2n) is 4.82. The molecule has 2 atom stereocenters. The van der Waals surface area contributed by atoms with E-state index in [9.17, 15) is 9.59 Å². The number of rotatable bonds is 5. The van der Waals surface area contributed by atoms with Crippen molar-refractivity contribution in [1.29, 1.82) is 0 Å². The number of hydrogen-bond acceptors (Lipinski definition) is 4. The zero-order valence-corrected chi connectivity index (χ0v) is 11.0. The molecule has 1 aromatic carbocycles. The third-order valence-corrected chi connectivity index (χ3v) is 3.43. The summed E-state index contributed by atoms with van der Waals surface area (Å²) in [4.78, 5) is 23.0. The summed E-state index contributed by atoms with van der Waals surface area (Å²) in [6.45, 7) is 0.310. The number of amides is 1. The van der Waals surface area contributed by atoms with E-state index in [0.29, 0.717) is 13.0 Å². The Labute approximate surface area is 116 Å². The fourth-order valence-electron chi connectivity index (χ4n) is 2.30. The van der Waals surface area contributed by atoms with Crippen LogP contribution in [0.5, 0.6) is 0 Å². The van der Waals surface area contributed by atoms with Crippen LogP contribution >= 0.6 is 0 Å². The number of aliphatic hydroxyl groups excluding tert-OH is 1. The first-order valence-electron chi connectivity index (χ1n) is 6.56. The van der Waals surface area contributed by atoms with Crippen molar-refractivity contribution in [2.24, 2.45) is 0 Å². The summed E-state index contributed by atoms with van der Waals surface area (Å²) >= 11 is 0. The maximum Gasteiger partial charge on any atom is 0.326 e. The van der Waals surface area contributed by atoms with Gasteiger partial charge in [0, 0.05) is 19.6 Å². The average Bonchev–Trinajstić information content (AvgIpc) is 2.46. The first-order valence-corrected chi connectivity index (χ1v) is 6.56. The molecular formula is C14H18N2O4. The fraction of sp³-hybridized carbons (Fsp3) is 0.429. The van der Waals surface area contributed by atoms with Crippen molar-refractivity contribution in [2.75, 3.05) is 6.61 Å². The molecular weight excluding hydrogens is 260 g/mol. The Morgan fingerprint density at radius 3 is 2.70 bits per heavy atom. The molecule has 6 heteroatoms. The highest BCUT2D eigenvalue weighted by atomic mass is 16.4. The molecule has 0 spiro atoms. The smallest absolute Gasteiger partial charge is 0.326 e. The highest BCUT2D eigenvalue weighted by Gasteiger charge is 2.27. The van der Waals surface area contributed by atoms with Gasteiger partial charge >= 0.3 is 5.97 Å². The minimum absolute atomic E-state index is 0.00435. The maximum absolute atomic E-state index is 12.1. The molecule has 0 saturated carbocycles. The van der Waals surface area contributed by atoms with Crippen molar-refractivity contribution in [3.63, 3.8) is 0 Å². The molecule has 0 fully saturated rings. The first kappa shape index (κ1) is 14.5. The number of carbonyl (C=O) groups excluding carboxylic acids is 1. The number of fused-ring (bicyclic) bond motifs is 1. The molecule has 0 aromatic heterocycles. The summed E-state index contributed by atoms with van der Waals surface area (Å²) in [7, 11) is 0. The molecule has 0 aliphatic carbocycles. The Morgan fingerprint density at radius 2 is 2.05 bits per heavy atom. The zero-order chi connectivity index (χ0) is 14.5. The number of hydrogen-bond donors (Lipinski definition) is 4. The summed E-state index contributed by atoms with van der Waals surface area (Å²) in [5.74, 6) is -1.48. The zero-order valence-electron chi connectivity index (χ0n) is 11.0. The molecule has 2 rings (SSSR count). The van der Waals surface area contributed by atoms with E-state index in [-0.39, 0.29) is 18.9 Å². The van der Waals surface area contributed by atoms with Gasteiger partial charge in [-0.25, -0.2) is 4.79 Å². The number of benzene rings is 1. The van der Waals surface area contributed by atoms with Gasteiger partial charge in [-0.15, -0.1) is 0 Å². The SMILES string of the molecule is O=C(N[C@H](CCO)C(=O)O)[C@@H]1Cc2ccccc2CN1. The highest BCUT2D eigenvalue weighted by Crippen LogP contribution is 2.16. The van der Waals surface area contributed by atoms with Gasteiger partial charge in [0.25, 0.3) is 0 Å². The van der Waals surface area contributed by atoms with Crippen molar-refractivity contribution in [1.82, 2.24) is 10.6 Å². The summed E-state index contributed by atoms with van der Waals surface area (Å²) < 4.78 is 0. The van der Waals surface area contributed by atoms with Gasteiger partial charge in [-0.2, -0.15) is 0 Å². The summed E-state index contributed by atoms with van der Waals surface area (Å²) in [5, 5.41) is 23.3. The number of carboxylic acids is 1. The third-order valence-electron chi connectivity index (χ3n) is 3.43. The second-order valence-corrected chi connectivity index (χ2v) is 4.82. The number of aliphatic carboxylic acids is 1. The van der Waals surface area contributed by atoms with Crippen LogP contribution in [0.3, 0.4) is 0 Å². The number of carbonyl (C=O) groups is 2. The predicted molar refractivity (Wildman–Crippen MR) is 72.0 cm³/mol. The van der Waals surface area contributed by atoms with Gasteiger partial charge < -0.3 is 20.8 Å². The second kappa shape index (κ2) is 6.49. The van der Waals surface area contributed by atoms with E-state index < -0.39 is 18.1 Å². The molecule has 0 radical (unpaired) electrons. The highest BCUT2D eigenvalue weighted by molar-refractivity contribution is 5.87. The Morgan fingerprint density at radius 1 is 1.35 bits per heavy atom. The van der Waals surface area contributed by atoms with Crippen molar-refractivity contribution >= 4 is 11.9 Å². The van der Waals surface area contributed by atoms with Crippen LogP contribution in [-0.2, 0) is 22.6 Å². The van der Waals surface area contributed by atoms with Gasteiger partial charge in [0.1, 0.15) is 6.04 Å². The van der Waals surface area contributed by atoms with Gasteiger partial charge in [-0.1, -0.05) is 24.3 Å². The normalized spacial score (nSPS) is 18.9. The number of carboxylic acid groups (broad SMARTS) is 1. The van der Waals surface area contributed by atoms with E-state index in [2.05, 4.69) is 10.6 Å². The monoisotopic (exact) mass is 278 g/mol. The molecule has 1 aromatic rings. The van der Waals surface area contributed by atoms with Crippen LogP contribution in [0.4, 0.5) is 0 Å². The van der Waals surface area contributed by atoms with E-state index in [1.165, 1.54) is 0 Å². The van der Waals surface area contributed by atoms with E-state index in [4.69, 9.17) is 10.2 Å². The lowest BCUT2D eigenvalue weighted by molar-refractivity contribution is -0.142. The number of aliphatic hydroxyl groups is 1. The minimum Gasteiger partial charge on any atom is -0.480 e. The Bertz CT molecular complexity index is 504. The molecule has 1 aliphatic rings. The lowest BCUT2D eigenvalue weighted by atomic mass is 9.95. The van der Waals surface area contributed by atoms with Gasteiger partial charge in [0.05, 0.1) is 6.04 Å². The Balaban J connectivity index is 1.99. The molecule has 0 unspecified atom stereocenters. The Kier molecular flexibility index (Phi) is 4.70. The van der Waals surface area contributed by atoms with Crippen LogP contribution in [0, 0.1) is 0 Å². The molecule has 4 N–H and O–H groups in total. The summed E-state index contributed by atoms with van der Waals surface area (Å²) in [6.07, 6.45) is 0.540. The van der Waals surface area contributed by atoms with Crippen molar-refractivity contribution in [2.45, 2.75) is 31.5 Å². The van der Waals surface area contributed by atoms with E-state index in [1.807, 2.05) is 24.3 Å². The first-order chi connectivity index (χ1) is 9.61. The van der Waals surface area contributed by atoms with Crippen LogP contribution in [0.1, 0.15) is 17.5 Å². The van der Waals surface area contributed by atoms with Crippen LogP contribution in [-0.4, -0.2) is 40.8 Å².